The third-order valence-electron chi connectivity index (χ3n) is 11.9. The van der Waals surface area contributed by atoms with E-state index >= 15 is 0 Å². The summed E-state index contributed by atoms with van der Waals surface area (Å²) in [7, 11) is 0. The number of nitriles is 1. The number of hydrogen-bond acceptors (Lipinski definition) is 1. The highest BCUT2D eigenvalue weighted by molar-refractivity contribution is 6.28. The Morgan fingerprint density at radius 3 is 1.09 bits per heavy atom. The minimum absolute atomic E-state index is 0.668. The van der Waals surface area contributed by atoms with E-state index in [0.29, 0.717) is 5.56 Å². The quantitative estimate of drug-likeness (QED) is 0.167. The largest absolute Gasteiger partial charge is 0.192 e. The number of benzene rings is 10. The molecule has 0 N–H and O–H groups in total. The van der Waals surface area contributed by atoms with Crippen LogP contribution in [0.1, 0.15) is 5.56 Å². The Balaban J connectivity index is 1.14. The average Bonchev–Trinajstić information content (AvgIpc) is 3.64. The van der Waals surface area contributed by atoms with Crippen LogP contribution in [0.5, 0.6) is 0 Å². The molecule has 268 valence electrons. The van der Waals surface area contributed by atoms with Gasteiger partial charge in [-0.1, -0.05) is 200 Å². The number of hydrogen-bond donors (Lipinski definition) is 0. The minimum atomic E-state index is 0.668. The van der Waals surface area contributed by atoms with Crippen LogP contribution in [0.2, 0.25) is 0 Å². The van der Waals surface area contributed by atoms with Gasteiger partial charge in [0.25, 0.3) is 0 Å². The maximum Gasteiger partial charge on any atom is 0.0991 e. The second-order valence-corrected chi connectivity index (χ2v) is 15.1. The van der Waals surface area contributed by atoms with Crippen LogP contribution in [0, 0.1) is 11.3 Å². The van der Waals surface area contributed by atoms with Gasteiger partial charge in [-0.2, -0.15) is 5.26 Å². The fraction of sp³-hybridized carbons (Fsp3) is 0. The summed E-state index contributed by atoms with van der Waals surface area (Å²) in [5, 5.41) is 14.3. The molecule has 11 rings (SSSR count). The highest BCUT2D eigenvalue weighted by atomic mass is 14.3. The van der Waals surface area contributed by atoms with Crippen molar-refractivity contribution in [2.45, 2.75) is 0 Å². The molecule has 0 bridgehead atoms. The third kappa shape index (κ3) is 5.47. The van der Waals surface area contributed by atoms with Crippen LogP contribution in [0.15, 0.2) is 212 Å². The maximum atomic E-state index is 9.29. The molecular formula is C57H35N. The summed E-state index contributed by atoms with van der Waals surface area (Å²) in [6.07, 6.45) is 0. The monoisotopic (exact) mass is 733 g/mol. The number of rotatable bonds is 6. The topological polar surface area (TPSA) is 23.8 Å². The zero-order valence-corrected chi connectivity index (χ0v) is 31.7. The number of nitrogens with zero attached hydrogens (tertiary/aromatic N) is 1. The Labute approximate surface area is 338 Å². The molecule has 10 aromatic rings. The van der Waals surface area contributed by atoms with Gasteiger partial charge in [0.1, 0.15) is 0 Å². The van der Waals surface area contributed by atoms with E-state index in [2.05, 4.69) is 194 Å². The normalized spacial score (nSPS) is 11.4. The van der Waals surface area contributed by atoms with Crippen molar-refractivity contribution >= 4 is 21.5 Å². The maximum absolute atomic E-state index is 9.29. The Morgan fingerprint density at radius 2 is 0.603 bits per heavy atom. The molecule has 0 spiro atoms. The molecule has 0 radical (unpaired) electrons. The van der Waals surface area contributed by atoms with Gasteiger partial charge in [-0.25, -0.2) is 0 Å². The van der Waals surface area contributed by atoms with Crippen LogP contribution in [0.25, 0.3) is 111 Å². The van der Waals surface area contributed by atoms with Gasteiger partial charge in [-0.15, -0.1) is 0 Å². The van der Waals surface area contributed by atoms with Crippen molar-refractivity contribution in [1.82, 2.24) is 0 Å². The van der Waals surface area contributed by atoms with Crippen LogP contribution in [0.3, 0.4) is 0 Å². The van der Waals surface area contributed by atoms with E-state index in [9.17, 15) is 5.26 Å². The summed E-state index contributed by atoms with van der Waals surface area (Å²) in [6, 6.07) is 78.9. The summed E-state index contributed by atoms with van der Waals surface area (Å²) in [5.41, 5.74) is 20.2. The van der Waals surface area contributed by atoms with E-state index in [1.165, 1.54) is 99.4 Å². The van der Waals surface area contributed by atoms with Crippen molar-refractivity contribution in [2.24, 2.45) is 0 Å². The summed E-state index contributed by atoms with van der Waals surface area (Å²) < 4.78 is 0. The van der Waals surface area contributed by atoms with Crippen molar-refractivity contribution in [3.8, 4) is 95.1 Å². The molecule has 10 aromatic carbocycles. The molecule has 0 aromatic heterocycles. The molecule has 0 heterocycles. The van der Waals surface area contributed by atoms with E-state index in [1.54, 1.807) is 0 Å². The summed E-state index contributed by atoms with van der Waals surface area (Å²) in [6.45, 7) is 0. The first-order chi connectivity index (χ1) is 28.7. The second kappa shape index (κ2) is 13.7. The molecule has 1 heteroatoms. The molecule has 58 heavy (non-hydrogen) atoms. The van der Waals surface area contributed by atoms with Crippen LogP contribution in [-0.2, 0) is 0 Å². The summed E-state index contributed by atoms with van der Waals surface area (Å²) in [4.78, 5) is 0. The molecule has 0 amide bonds. The lowest BCUT2D eigenvalue weighted by Gasteiger charge is -2.21. The summed E-state index contributed by atoms with van der Waals surface area (Å²) in [5.74, 6) is 0. The van der Waals surface area contributed by atoms with Crippen molar-refractivity contribution in [2.75, 3.05) is 0 Å². The first-order valence-electron chi connectivity index (χ1n) is 19.8. The molecule has 0 saturated heterocycles. The zero-order valence-electron chi connectivity index (χ0n) is 31.7. The average molecular weight is 734 g/mol. The lowest BCUT2D eigenvalue weighted by Crippen LogP contribution is -1.94. The van der Waals surface area contributed by atoms with Gasteiger partial charge in [0.15, 0.2) is 0 Å². The lowest BCUT2D eigenvalue weighted by atomic mass is 9.82. The lowest BCUT2D eigenvalue weighted by molar-refractivity contribution is 1.48. The van der Waals surface area contributed by atoms with Gasteiger partial charge >= 0.3 is 0 Å². The van der Waals surface area contributed by atoms with E-state index < -0.39 is 0 Å². The predicted molar refractivity (Wildman–Crippen MR) is 243 cm³/mol. The zero-order chi connectivity index (χ0) is 38.6. The van der Waals surface area contributed by atoms with Crippen molar-refractivity contribution in [3.63, 3.8) is 0 Å². The van der Waals surface area contributed by atoms with Gasteiger partial charge in [0, 0.05) is 0 Å². The van der Waals surface area contributed by atoms with Gasteiger partial charge in [0.2, 0.25) is 0 Å². The van der Waals surface area contributed by atoms with E-state index in [-0.39, 0.29) is 0 Å². The highest BCUT2D eigenvalue weighted by Crippen LogP contribution is 2.58. The minimum Gasteiger partial charge on any atom is -0.192 e. The van der Waals surface area contributed by atoms with E-state index in [4.69, 9.17) is 0 Å². The van der Waals surface area contributed by atoms with Gasteiger partial charge in [-0.05, 0) is 123 Å². The second-order valence-electron chi connectivity index (χ2n) is 15.1. The highest BCUT2D eigenvalue weighted by Gasteiger charge is 2.31. The molecular weight excluding hydrogens is 699 g/mol. The predicted octanol–water partition coefficient (Wildman–Crippen LogP) is 15.5. The Morgan fingerprint density at radius 1 is 0.241 bits per heavy atom. The molecule has 1 aliphatic rings. The standard InChI is InChI=1S/C57H35N/c58-36-37-18-20-40(21-19-37)43-22-28-44(29-23-43)47-34-35-52-55-48(47)16-9-17-51(55)56-53(45-30-24-41(25-31-45)38-10-3-1-4-11-38)49-14-7-8-15-50(49)54(57(52)56)46-32-26-42(27-33-46)39-12-5-2-6-13-39/h1-35H. The fourth-order valence-electron chi connectivity index (χ4n) is 9.15. The van der Waals surface area contributed by atoms with E-state index in [1.807, 2.05) is 24.3 Å². The third-order valence-corrected chi connectivity index (χ3v) is 11.9. The van der Waals surface area contributed by atoms with Crippen LogP contribution in [-0.4, -0.2) is 0 Å². The van der Waals surface area contributed by atoms with Crippen molar-refractivity contribution in [3.05, 3.63) is 218 Å². The molecule has 0 aliphatic heterocycles. The van der Waals surface area contributed by atoms with Gasteiger partial charge < -0.3 is 0 Å². The van der Waals surface area contributed by atoms with Crippen LogP contribution in [0.4, 0.5) is 0 Å². The molecule has 0 unspecified atom stereocenters. The Hall–Kier alpha value is -7.79. The van der Waals surface area contributed by atoms with Crippen molar-refractivity contribution < 1.29 is 0 Å². The Kier molecular flexibility index (Phi) is 7.95. The number of fused-ring (bicyclic) bond motifs is 4. The summed E-state index contributed by atoms with van der Waals surface area (Å²) >= 11 is 0. The molecule has 0 atom stereocenters. The molecule has 1 aliphatic carbocycles. The van der Waals surface area contributed by atoms with Gasteiger partial charge in [0.05, 0.1) is 11.6 Å². The van der Waals surface area contributed by atoms with Crippen molar-refractivity contribution in [1.29, 1.82) is 5.26 Å². The fourth-order valence-corrected chi connectivity index (χ4v) is 9.15. The van der Waals surface area contributed by atoms with Gasteiger partial charge in [-0.3, -0.25) is 0 Å². The first-order valence-corrected chi connectivity index (χ1v) is 19.8. The smallest absolute Gasteiger partial charge is 0.0991 e. The molecule has 1 nitrogen and oxygen atoms in total. The molecule has 0 saturated carbocycles. The Bertz CT molecular complexity index is 3070. The molecule has 0 fully saturated rings. The SMILES string of the molecule is N#Cc1ccc(-c2ccc(-c3ccc4c5c(cccc35)-c3c-4c(-c4ccc(-c5ccccc5)cc4)c4ccccc4c3-c3ccc(-c4ccccc4)cc3)cc2)cc1. The van der Waals surface area contributed by atoms with Crippen LogP contribution >= 0.6 is 0 Å². The first kappa shape index (κ1) is 33.5. The van der Waals surface area contributed by atoms with Crippen LogP contribution < -0.4 is 0 Å². The van der Waals surface area contributed by atoms with E-state index in [0.717, 1.165) is 11.1 Å².